The summed E-state index contributed by atoms with van der Waals surface area (Å²) >= 11 is 3.22. The molecule has 3 amide bonds. The Morgan fingerprint density at radius 1 is 1.23 bits per heavy atom. The van der Waals surface area contributed by atoms with Crippen LogP contribution in [-0.2, 0) is 11.3 Å². The molecule has 1 aliphatic heterocycles. The number of carbonyl (C=O) groups excluding carboxylic acids is 2. The molecule has 0 saturated carbocycles. The molecule has 154 valence electrons. The summed E-state index contributed by atoms with van der Waals surface area (Å²) in [5.41, 5.74) is 2.22. The number of nitrogens with zero attached hydrogens (tertiary/aromatic N) is 2. The van der Waals surface area contributed by atoms with Crippen molar-refractivity contribution in [1.29, 1.82) is 0 Å². The third-order valence-electron chi connectivity index (χ3n) is 4.88. The molecule has 7 nitrogen and oxygen atoms in total. The minimum absolute atomic E-state index is 0.155. The second-order valence-corrected chi connectivity index (χ2v) is 7.58. The maximum atomic E-state index is 15.1. The standard InChI is InChI=1S/C21H18BrFN4O3/c1-30-13-4-2-12(3-5-13)10-25-20-16(27-9-8-17(28)26-21(27)29)11-24-15-7-6-14(22)19(23)18(15)20/h2-7,11H,8-10H2,1H3,(H,24,25)(H,26,28,29). The van der Waals surface area contributed by atoms with Gasteiger partial charge in [0.05, 0.1) is 40.1 Å². The van der Waals surface area contributed by atoms with Crippen LogP contribution in [0.5, 0.6) is 5.75 Å². The van der Waals surface area contributed by atoms with Crippen LogP contribution in [-0.4, -0.2) is 30.6 Å². The quantitative estimate of drug-likeness (QED) is 0.581. The van der Waals surface area contributed by atoms with Crippen molar-refractivity contribution < 1.29 is 18.7 Å². The van der Waals surface area contributed by atoms with Crippen molar-refractivity contribution in [3.8, 4) is 5.75 Å². The summed E-state index contributed by atoms with van der Waals surface area (Å²) < 4.78 is 20.5. The predicted molar refractivity (Wildman–Crippen MR) is 115 cm³/mol. The van der Waals surface area contributed by atoms with Crippen LogP contribution in [0.15, 0.2) is 47.1 Å². The Balaban J connectivity index is 1.77. The van der Waals surface area contributed by atoms with E-state index in [4.69, 9.17) is 4.74 Å². The Hall–Kier alpha value is -3.20. The average Bonchev–Trinajstić information content (AvgIpc) is 2.75. The molecule has 0 atom stereocenters. The Bertz CT molecular complexity index is 1140. The molecular formula is C21H18BrFN4O3. The van der Waals surface area contributed by atoms with E-state index in [1.165, 1.54) is 11.1 Å². The number of aromatic nitrogens is 1. The first kappa shape index (κ1) is 20.1. The fraction of sp³-hybridized carbons (Fsp3) is 0.190. The fourth-order valence-electron chi connectivity index (χ4n) is 3.32. The smallest absolute Gasteiger partial charge is 0.328 e. The van der Waals surface area contributed by atoms with Crippen molar-refractivity contribution >= 4 is 50.1 Å². The molecule has 9 heteroatoms. The minimum Gasteiger partial charge on any atom is -0.497 e. The van der Waals surface area contributed by atoms with E-state index in [2.05, 4.69) is 31.5 Å². The molecule has 0 bridgehead atoms. The summed E-state index contributed by atoms with van der Waals surface area (Å²) in [6, 6.07) is 10.2. The molecule has 3 aromatic rings. The van der Waals surface area contributed by atoms with Crippen molar-refractivity contribution in [3.05, 3.63) is 58.4 Å². The van der Waals surface area contributed by atoms with E-state index in [9.17, 15) is 9.59 Å². The number of benzene rings is 2. The number of pyridine rings is 1. The fourth-order valence-corrected chi connectivity index (χ4v) is 3.65. The summed E-state index contributed by atoms with van der Waals surface area (Å²) in [4.78, 5) is 29.7. The van der Waals surface area contributed by atoms with Gasteiger partial charge in [-0.05, 0) is 45.8 Å². The van der Waals surface area contributed by atoms with E-state index in [1.54, 1.807) is 19.2 Å². The van der Waals surface area contributed by atoms with E-state index < -0.39 is 11.8 Å². The number of hydrogen-bond acceptors (Lipinski definition) is 5. The second-order valence-electron chi connectivity index (χ2n) is 6.73. The number of nitrogens with one attached hydrogen (secondary N) is 2. The van der Waals surface area contributed by atoms with E-state index in [-0.39, 0.29) is 24.3 Å². The first-order valence-corrected chi connectivity index (χ1v) is 10.0. The zero-order chi connectivity index (χ0) is 21.3. The highest BCUT2D eigenvalue weighted by Crippen LogP contribution is 2.37. The Kier molecular flexibility index (Phi) is 5.54. The molecular weight excluding hydrogens is 455 g/mol. The Labute approximate surface area is 180 Å². The van der Waals surface area contributed by atoms with Crippen LogP contribution < -0.4 is 20.3 Å². The number of halogens is 2. The molecule has 1 fully saturated rings. The molecule has 0 aliphatic carbocycles. The van der Waals surface area contributed by atoms with Crippen molar-refractivity contribution in [3.63, 3.8) is 0 Å². The average molecular weight is 473 g/mol. The minimum atomic E-state index is -0.560. The lowest BCUT2D eigenvalue weighted by molar-refractivity contribution is -0.120. The van der Waals surface area contributed by atoms with Gasteiger partial charge in [-0.1, -0.05) is 12.1 Å². The predicted octanol–water partition coefficient (Wildman–Crippen LogP) is 4.20. The van der Waals surface area contributed by atoms with Gasteiger partial charge < -0.3 is 10.1 Å². The number of ether oxygens (including phenoxy) is 1. The van der Waals surface area contributed by atoms with Crippen LogP contribution in [0, 0.1) is 5.82 Å². The summed E-state index contributed by atoms with van der Waals surface area (Å²) in [5, 5.41) is 5.81. The first-order valence-electron chi connectivity index (χ1n) is 9.23. The van der Waals surface area contributed by atoms with Crippen LogP contribution in [0.3, 0.4) is 0 Å². The van der Waals surface area contributed by atoms with E-state index >= 15 is 4.39 Å². The lowest BCUT2D eigenvalue weighted by Gasteiger charge is -2.29. The van der Waals surface area contributed by atoms with Gasteiger partial charge in [0.25, 0.3) is 0 Å². The monoisotopic (exact) mass is 472 g/mol. The van der Waals surface area contributed by atoms with Gasteiger partial charge in [0.2, 0.25) is 5.91 Å². The molecule has 4 rings (SSSR count). The van der Waals surface area contributed by atoms with Crippen LogP contribution in [0.4, 0.5) is 20.6 Å². The third kappa shape index (κ3) is 3.80. The van der Waals surface area contributed by atoms with Gasteiger partial charge in [-0.2, -0.15) is 0 Å². The maximum Gasteiger partial charge on any atom is 0.328 e. The molecule has 0 spiro atoms. The van der Waals surface area contributed by atoms with Crippen molar-refractivity contribution in [2.75, 3.05) is 23.9 Å². The van der Waals surface area contributed by atoms with Crippen LogP contribution in [0.25, 0.3) is 10.9 Å². The highest BCUT2D eigenvalue weighted by atomic mass is 79.9. The van der Waals surface area contributed by atoms with Crippen molar-refractivity contribution in [1.82, 2.24) is 10.3 Å². The molecule has 1 aromatic heterocycles. The molecule has 0 radical (unpaired) electrons. The normalized spacial score (nSPS) is 14.0. The van der Waals surface area contributed by atoms with Crippen LogP contribution in [0.2, 0.25) is 0 Å². The van der Waals surface area contributed by atoms with E-state index in [0.717, 1.165) is 11.3 Å². The molecule has 2 N–H and O–H groups in total. The topological polar surface area (TPSA) is 83.6 Å². The lowest BCUT2D eigenvalue weighted by Crippen LogP contribution is -2.49. The summed E-state index contributed by atoms with van der Waals surface area (Å²) in [5.74, 6) is -0.0855. The number of carbonyl (C=O) groups is 2. The Morgan fingerprint density at radius 2 is 2.00 bits per heavy atom. The summed E-state index contributed by atoms with van der Waals surface area (Å²) in [6.07, 6.45) is 1.67. The number of hydrogen-bond donors (Lipinski definition) is 2. The third-order valence-corrected chi connectivity index (χ3v) is 5.49. The molecule has 1 saturated heterocycles. The van der Waals surface area contributed by atoms with Gasteiger partial charge in [0.1, 0.15) is 11.6 Å². The number of urea groups is 1. The molecule has 1 aliphatic rings. The van der Waals surface area contributed by atoms with Gasteiger partial charge >= 0.3 is 6.03 Å². The number of methoxy groups -OCH3 is 1. The SMILES string of the molecule is COc1ccc(CNc2c(N3CCC(=O)NC3=O)cnc3ccc(Br)c(F)c23)cc1. The largest absolute Gasteiger partial charge is 0.497 e. The molecule has 2 aromatic carbocycles. The summed E-state index contributed by atoms with van der Waals surface area (Å²) in [7, 11) is 1.59. The van der Waals surface area contributed by atoms with Gasteiger partial charge in [0, 0.05) is 19.5 Å². The lowest BCUT2D eigenvalue weighted by atomic mass is 10.1. The van der Waals surface area contributed by atoms with Gasteiger partial charge in [-0.3, -0.25) is 20.0 Å². The Morgan fingerprint density at radius 3 is 2.70 bits per heavy atom. The van der Waals surface area contributed by atoms with Crippen LogP contribution in [0.1, 0.15) is 12.0 Å². The van der Waals surface area contributed by atoms with Crippen molar-refractivity contribution in [2.24, 2.45) is 0 Å². The zero-order valence-electron chi connectivity index (χ0n) is 16.0. The molecule has 30 heavy (non-hydrogen) atoms. The highest BCUT2D eigenvalue weighted by molar-refractivity contribution is 9.10. The zero-order valence-corrected chi connectivity index (χ0v) is 17.6. The number of imide groups is 1. The second kappa shape index (κ2) is 8.27. The van der Waals surface area contributed by atoms with Gasteiger partial charge in [0.15, 0.2) is 0 Å². The van der Waals surface area contributed by atoms with Gasteiger partial charge in [-0.15, -0.1) is 0 Å². The molecule has 0 unspecified atom stereocenters. The number of amides is 3. The highest BCUT2D eigenvalue weighted by Gasteiger charge is 2.28. The van der Waals surface area contributed by atoms with Crippen molar-refractivity contribution in [2.45, 2.75) is 13.0 Å². The first-order chi connectivity index (χ1) is 14.5. The number of anilines is 2. The van der Waals surface area contributed by atoms with Crippen LogP contribution >= 0.6 is 15.9 Å². The number of fused-ring (bicyclic) bond motifs is 1. The van der Waals surface area contributed by atoms with Gasteiger partial charge in [-0.25, -0.2) is 9.18 Å². The molecule has 2 heterocycles. The van der Waals surface area contributed by atoms with E-state index in [1.807, 2.05) is 24.3 Å². The van der Waals surface area contributed by atoms with E-state index in [0.29, 0.717) is 27.9 Å². The summed E-state index contributed by atoms with van der Waals surface area (Å²) in [6.45, 7) is 0.571. The number of rotatable bonds is 5. The maximum absolute atomic E-state index is 15.1.